The van der Waals surface area contributed by atoms with Gasteiger partial charge in [0.05, 0.1) is 22.0 Å². The van der Waals surface area contributed by atoms with E-state index in [0.29, 0.717) is 25.7 Å². The lowest BCUT2D eigenvalue weighted by Crippen LogP contribution is -2.25. The van der Waals surface area contributed by atoms with E-state index in [0.717, 1.165) is 5.56 Å². The van der Waals surface area contributed by atoms with Gasteiger partial charge >= 0.3 is 0 Å². The van der Waals surface area contributed by atoms with Crippen molar-refractivity contribution < 1.29 is 36.2 Å². The number of anilines is 1. The Labute approximate surface area is 226 Å². The molecule has 1 heterocycles. The smallest absolute Gasteiger partial charge is 0.280 e. The molecular weight excluding hydrogens is 634 g/mol. The minimum Gasteiger partial charge on any atom is -0.493 e. The summed E-state index contributed by atoms with van der Waals surface area (Å²) in [6.07, 6.45) is 1.36. The zero-order chi connectivity index (χ0) is 27.0. The summed E-state index contributed by atoms with van der Waals surface area (Å²) in [4.78, 5) is 12.9. The van der Waals surface area contributed by atoms with E-state index < -0.39 is 40.7 Å². The summed E-state index contributed by atoms with van der Waals surface area (Å²) < 4.78 is 81.3. The minimum absolute atomic E-state index is 0.00389. The van der Waals surface area contributed by atoms with Crippen LogP contribution in [0.5, 0.6) is 11.5 Å². The highest BCUT2D eigenvalue weighted by atomic mass is 127. The Bertz CT molecular complexity index is 1470. The first-order valence-corrected chi connectivity index (χ1v) is 11.9. The molecule has 0 unspecified atom stereocenters. The predicted molar refractivity (Wildman–Crippen MR) is 136 cm³/mol. The first kappa shape index (κ1) is 26.9. The highest BCUT2D eigenvalue weighted by molar-refractivity contribution is 14.1. The standard InChI is InChI=1S/C25H15ClF5IN2O3/c1-11-15(25(35)34(33-11)23-21(30)19(28)18(27)20(29)22(23)31)7-13-8-16(32)24(17(9-13)36-2)37-10-12-4-3-5-14(26)6-12/h3-9H,10H2,1-2H3/b15-7-. The molecule has 3 aromatic rings. The van der Waals surface area contributed by atoms with E-state index in [1.807, 2.05) is 28.7 Å². The van der Waals surface area contributed by atoms with Crippen LogP contribution >= 0.6 is 34.2 Å². The molecule has 4 rings (SSSR count). The lowest BCUT2D eigenvalue weighted by molar-refractivity contribution is -0.114. The summed E-state index contributed by atoms with van der Waals surface area (Å²) >= 11 is 8.02. The molecule has 0 saturated carbocycles. The molecular formula is C25H15ClF5IN2O3. The molecule has 1 aliphatic rings. The number of benzene rings is 3. The average molecular weight is 649 g/mol. The average Bonchev–Trinajstić information content (AvgIpc) is 3.13. The van der Waals surface area contributed by atoms with Crippen LogP contribution < -0.4 is 14.5 Å². The first-order chi connectivity index (χ1) is 17.5. The Morgan fingerprint density at radius 2 is 1.68 bits per heavy atom. The normalized spacial score (nSPS) is 14.4. The zero-order valence-electron chi connectivity index (χ0n) is 19.0. The molecule has 12 heteroatoms. The minimum atomic E-state index is -2.33. The Balaban J connectivity index is 1.66. The van der Waals surface area contributed by atoms with Crippen molar-refractivity contribution in [1.29, 1.82) is 0 Å². The van der Waals surface area contributed by atoms with Gasteiger partial charge < -0.3 is 9.47 Å². The third-order valence-electron chi connectivity index (χ3n) is 5.30. The SMILES string of the molecule is COc1cc(/C=C2\C(=O)N(c3c(F)c(F)c(F)c(F)c3F)N=C2C)cc(I)c1OCc1cccc(Cl)c1. The Morgan fingerprint density at radius 3 is 2.30 bits per heavy atom. The third kappa shape index (κ3) is 5.14. The maximum absolute atomic E-state index is 14.3. The molecule has 0 fully saturated rings. The van der Waals surface area contributed by atoms with Gasteiger partial charge in [0.1, 0.15) is 12.3 Å². The topological polar surface area (TPSA) is 51.1 Å². The maximum Gasteiger partial charge on any atom is 0.280 e. The lowest BCUT2D eigenvalue weighted by Gasteiger charge is -2.15. The first-order valence-electron chi connectivity index (χ1n) is 10.4. The molecule has 0 saturated heterocycles. The van der Waals surface area contributed by atoms with Crippen molar-refractivity contribution in [2.45, 2.75) is 13.5 Å². The van der Waals surface area contributed by atoms with Crippen LogP contribution in [0.4, 0.5) is 27.6 Å². The molecule has 0 bridgehead atoms. The van der Waals surface area contributed by atoms with Crippen molar-refractivity contribution in [1.82, 2.24) is 0 Å². The number of amides is 1. The number of hydrogen-bond acceptors (Lipinski definition) is 4. The second-order valence-corrected chi connectivity index (χ2v) is 9.33. The quantitative estimate of drug-likeness (QED) is 0.0949. The number of carbonyl (C=O) groups excluding carboxylic acids is 1. The Hall–Kier alpha value is -3.19. The van der Waals surface area contributed by atoms with E-state index in [-0.39, 0.29) is 22.9 Å². The van der Waals surface area contributed by atoms with Crippen molar-refractivity contribution in [3.8, 4) is 11.5 Å². The van der Waals surface area contributed by atoms with Crippen molar-refractivity contribution in [2.24, 2.45) is 5.10 Å². The summed E-state index contributed by atoms with van der Waals surface area (Å²) in [7, 11) is 1.42. The lowest BCUT2D eigenvalue weighted by atomic mass is 10.1. The summed E-state index contributed by atoms with van der Waals surface area (Å²) in [6, 6.07) is 10.3. The molecule has 0 spiro atoms. The summed E-state index contributed by atoms with van der Waals surface area (Å²) in [5, 5.41) is 4.44. The monoisotopic (exact) mass is 648 g/mol. The van der Waals surface area contributed by atoms with Crippen molar-refractivity contribution >= 4 is 57.6 Å². The maximum atomic E-state index is 14.3. The molecule has 0 aromatic heterocycles. The molecule has 0 N–H and O–H groups in total. The van der Waals surface area contributed by atoms with Crippen molar-refractivity contribution in [3.63, 3.8) is 0 Å². The molecule has 1 amide bonds. The van der Waals surface area contributed by atoms with Crippen LogP contribution in [-0.2, 0) is 11.4 Å². The summed E-state index contributed by atoms with van der Waals surface area (Å²) in [5.74, 6) is -11.3. The number of nitrogens with zero attached hydrogens (tertiary/aromatic N) is 2. The van der Waals surface area contributed by atoms with Crippen LogP contribution in [0.2, 0.25) is 5.02 Å². The van der Waals surface area contributed by atoms with Crippen molar-refractivity contribution in [2.75, 3.05) is 12.1 Å². The van der Waals surface area contributed by atoms with E-state index in [4.69, 9.17) is 21.1 Å². The predicted octanol–water partition coefficient (Wildman–Crippen LogP) is 7.03. The number of methoxy groups -OCH3 is 1. The molecule has 1 aliphatic heterocycles. The van der Waals surface area contributed by atoms with E-state index in [1.165, 1.54) is 20.1 Å². The highest BCUT2D eigenvalue weighted by Gasteiger charge is 2.37. The zero-order valence-corrected chi connectivity index (χ0v) is 21.9. The van der Waals surface area contributed by atoms with Crippen LogP contribution in [-0.4, -0.2) is 18.7 Å². The van der Waals surface area contributed by atoms with Gasteiger partial charge in [-0.3, -0.25) is 4.79 Å². The molecule has 0 aliphatic carbocycles. The van der Waals surface area contributed by atoms with Gasteiger partial charge in [-0.15, -0.1) is 0 Å². The molecule has 192 valence electrons. The van der Waals surface area contributed by atoms with E-state index in [1.54, 1.807) is 30.3 Å². The molecule has 0 radical (unpaired) electrons. The fourth-order valence-electron chi connectivity index (χ4n) is 3.53. The van der Waals surface area contributed by atoms with E-state index in [9.17, 15) is 26.7 Å². The highest BCUT2D eigenvalue weighted by Crippen LogP contribution is 2.37. The Kier molecular flexibility index (Phi) is 7.74. The van der Waals surface area contributed by atoms with Gasteiger partial charge in [0, 0.05) is 5.02 Å². The number of halogens is 7. The van der Waals surface area contributed by atoms with Gasteiger partial charge in [0.2, 0.25) is 5.82 Å². The third-order valence-corrected chi connectivity index (χ3v) is 6.33. The van der Waals surface area contributed by atoms with E-state index in [2.05, 4.69) is 5.10 Å². The number of carbonyl (C=O) groups is 1. The van der Waals surface area contributed by atoms with Crippen LogP contribution in [0, 0.1) is 32.7 Å². The fourth-order valence-corrected chi connectivity index (χ4v) is 4.52. The van der Waals surface area contributed by atoms with Crippen molar-refractivity contribution in [3.05, 3.63) is 90.8 Å². The molecule has 5 nitrogen and oxygen atoms in total. The van der Waals surface area contributed by atoms with E-state index >= 15 is 0 Å². The second-order valence-electron chi connectivity index (χ2n) is 7.73. The van der Waals surface area contributed by atoms with Gasteiger partial charge in [-0.25, -0.2) is 22.0 Å². The molecule has 0 atom stereocenters. The van der Waals surface area contributed by atoms with Gasteiger partial charge in [-0.1, -0.05) is 23.7 Å². The summed E-state index contributed by atoms with van der Waals surface area (Å²) in [6.45, 7) is 1.56. The van der Waals surface area contributed by atoms with Crippen LogP contribution in [0.25, 0.3) is 6.08 Å². The molecule has 37 heavy (non-hydrogen) atoms. The summed E-state index contributed by atoms with van der Waals surface area (Å²) in [5.41, 5.74) is -0.304. The second kappa shape index (κ2) is 10.7. The van der Waals surface area contributed by atoms with Crippen LogP contribution in [0.15, 0.2) is 47.1 Å². The molecule has 3 aromatic carbocycles. The number of hydrogen-bond donors (Lipinski definition) is 0. The Morgan fingerprint density at radius 1 is 1.03 bits per heavy atom. The van der Waals surface area contributed by atoms with Gasteiger partial charge in [0.15, 0.2) is 34.8 Å². The van der Waals surface area contributed by atoms with Gasteiger partial charge in [0.25, 0.3) is 5.91 Å². The van der Waals surface area contributed by atoms with Gasteiger partial charge in [-0.2, -0.15) is 10.1 Å². The van der Waals surface area contributed by atoms with Crippen LogP contribution in [0.3, 0.4) is 0 Å². The van der Waals surface area contributed by atoms with Crippen LogP contribution in [0.1, 0.15) is 18.1 Å². The number of rotatable bonds is 6. The largest absolute Gasteiger partial charge is 0.493 e. The van der Waals surface area contributed by atoms with Gasteiger partial charge in [-0.05, 0) is 71.0 Å². The number of ether oxygens (including phenoxy) is 2. The fraction of sp³-hybridized carbons (Fsp3) is 0.120. The number of hydrazone groups is 1.